The summed E-state index contributed by atoms with van der Waals surface area (Å²) >= 11 is 0. The lowest BCUT2D eigenvalue weighted by Gasteiger charge is -2.33. The molecule has 0 radical (unpaired) electrons. The largest absolute Gasteiger partial charge is 0.499 e. The first-order valence-electron chi connectivity index (χ1n) is 26.5. The lowest BCUT2D eigenvalue weighted by molar-refractivity contribution is -0.997. The summed E-state index contributed by atoms with van der Waals surface area (Å²) in [5, 5.41) is 0. The maximum atomic E-state index is 10.2. The van der Waals surface area contributed by atoms with Crippen molar-refractivity contribution >= 4 is 11.0 Å². The second kappa shape index (κ2) is 13.0. The van der Waals surface area contributed by atoms with Crippen molar-refractivity contribution in [3.8, 4) is 78.6 Å². The molecule has 0 aliphatic carbocycles. The summed E-state index contributed by atoms with van der Waals surface area (Å²) in [6, 6.07) is 38.1. The van der Waals surface area contributed by atoms with Crippen molar-refractivity contribution < 1.29 is 27.6 Å². The number of hydrogen-bond donors (Lipinski definition) is 0. The summed E-state index contributed by atoms with van der Waals surface area (Å²) < 4.78 is 104. The Labute approximate surface area is 384 Å². The highest BCUT2D eigenvalue weighted by Gasteiger charge is 2.68. The Morgan fingerprint density at radius 3 is 2.05 bits per heavy atom. The fourth-order valence-electron chi connectivity index (χ4n) is 9.99. The van der Waals surface area contributed by atoms with Crippen molar-refractivity contribution in [1.82, 2.24) is 4.57 Å². The first-order chi connectivity index (χ1) is 34.5. The van der Waals surface area contributed by atoms with Crippen LogP contribution < -0.4 is 13.9 Å². The third kappa shape index (κ3) is 5.34. The van der Waals surface area contributed by atoms with Crippen molar-refractivity contribution in [1.29, 1.82) is 0 Å². The fraction of sp³-hybridized carbons (Fsp3) is 0.186. The predicted molar refractivity (Wildman–Crippen MR) is 256 cm³/mol. The SMILES string of the molecule is [2H]c1c([2H])c(C([2H])([2H])[2H])c([2H])c([2H])c1-c1c([2H])c([2H])[n+]2c(c1[2H])-c1cc(C(C)(C)C)cc3c1C21Oc2ccccc2-c2n(-c4cc(C)c(-c5ccccc5)cc4-c4ccc(C(C)(C)C)cc4)c4cccc-3c4[n+]21. The Balaban J connectivity index is 1.25. The summed E-state index contributed by atoms with van der Waals surface area (Å²) in [6.07, 6.45) is -0.405. The van der Waals surface area contributed by atoms with Gasteiger partial charge < -0.3 is 4.74 Å². The number of nitrogens with zero attached hydrogens (tertiary/aromatic N) is 3. The molecule has 5 heterocycles. The highest BCUT2D eigenvalue weighted by Crippen LogP contribution is 2.54. The number of para-hydroxylation sites is 2. The molecule has 0 saturated carbocycles. The molecular formula is C59H51N3O+2. The van der Waals surface area contributed by atoms with Crippen LogP contribution in [0, 0.1) is 13.8 Å². The van der Waals surface area contributed by atoms with Crippen LogP contribution in [0.15, 0.2) is 164 Å². The van der Waals surface area contributed by atoms with Gasteiger partial charge in [0.25, 0.3) is 0 Å². The number of rotatable bonds is 4. The van der Waals surface area contributed by atoms with Crippen LogP contribution >= 0.6 is 0 Å². The Kier molecular flexibility index (Phi) is 5.89. The van der Waals surface area contributed by atoms with Crippen LogP contribution in [0.25, 0.3) is 83.9 Å². The van der Waals surface area contributed by atoms with E-state index in [1.165, 1.54) is 5.56 Å². The Morgan fingerprint density at radius 2 is 1.30 bits per heavy atom. The molecule has 4 heteroatoms. The number of hydrogen-bond acceptors (Lipinski definition) is 1. The zero-order valence-corrected chi connectivity index (χ0v) is 36.3. The zero-order chi connectivity index (χ0) is 51.7. The van der Waals surface area contributed by atoms with Gasteiger partial charge in [-0.15, -0.1) is 9.13 Å². The van der Waals surface area contributed by atoms with Gasteiger partial charge in [-0.25, -0.2) is 0 Å². The molecule has 0 amide bonds. The smallest absolute Gasteiger partial charge is 0.392 e. The van der Waals surface area contributed by atoms with Crippen LogP contribution in [0.1, 0.15) is 83.1 Å². The Hall–Kier alpha value is -7.04. The van der Waals surface area contributed by atoms with Crippen molar-refractivity contribution in [2.75, 3.05) is 0 Å². The average Bonchev–Trinajstić information content (AvgIpc) is 3.85. The normalized spacial score (nSPS) is 18.0. The molecule has 9 aromatic rings. The van der Waals surface area contributed by atoms with Gasteiger partial charge in [0.05, 0.1) is 13.8 Å². The van der Waals surface area contributed by atoms with Gasteiger partial charge in [-0.05, 0) is 118 Å². The number of pyridine rings is 1. The first kappa shape index (κ1) is 28.5. The highest BCUT2D eigenvalue weighted by atomic mass is 16.5. The minimum Gasteiger partial charge on any atom is -0.392 e. The predicted octanol–water partition coefficient (Wildman–Crippen LogP) is 13.6. The first-order valence-corrected chi connectivity index (χ1v) is 21.5. The van der Waals surface area contributed by atoms with Crippen LogP contribution in [-0.4, -0.2) is 4.57 Å². The molecule has 0 N–H and O–H groups in total. The number of fused-ring (bicyclic) bond motifs is 5. The van der Waals surface area contributed by atoms with Gasteiger partial charge >= 0.3 is 11.7 Å². The molecule has 3 aliphatic rings. The molecule has 63 heavy (non-hydrogen) atoms. The van der Waals surface area contributed by atoms with E-state index in [1.807, 2.05) is 36.4 Å². The van der Waals surface area contributed by atoms with Crippen molar-refractivity contribution in [3.63, 3.8) is 0 Å². The maximum Gasteiger partial charge on any atom is 0.499 e. The maximum absolute atomic E-state index is 10.2. The van der Waals surface area contributed by atoms with Gasteiger partial charge in [0, 0.05) is 32.9 Å². The van der Waals surface area contributed by atoms with Gasteiger partial charge in [0.2, 0.25) is 5.69 Å². The topological polar surface area (TPSA) is 21.9 Å². The monoisotopic (exact) mass is 827 g/mol. The quantitative estimate of drug-likeness (QED) is 0.162. The Bertz CT molecular complexity index is 3890. The van der Waals surface area contributed by atoms with E-state index in [-0.39, 0.29) is 22.7 Å². The van der Waals surface area contributed by atoms with Crippen LogP contribution in [0.4, 0.5) is 0 Å². The average molecular weight is 828 g/mol. The van der Waals surface area contributed by atoms with E-state index in [0.717, 1.165) is 72.6 Å². The molecule has 306 valence electrons. The third-order valence-electron chi connectivity index (χ3n) is 13.1. The molecule has 4 nitrogen and oxygen atoms in total. The molecule has 0 bridgehead atoms. The molecule has 2 aromatic heterocycles. The van der Waals surface area contributed by atoms with E-state index < -0.39 is 65.6 Å². The van der Waals surface area contributed by atoms with Gasteiger partial charge in [-0.2, -0.15) is 4.57 Å². The Morgan fingerprint density at radius 1 is 0.603 bits per heavy atom. The summed E-state index contributed by atoms with van der Waals surface area (Å²) in [7, 11) is 0. The molecule has 1 unspecified atom stereocenters. The van der Waals surface area contributed by atoms with E-state index in [4.69, 9.17) is 14.3 Å². The number of ether oxygens (including phenoxy) is 1. The van der Waals surface area contributed by atoms with Gasteiger partial charge in [-0.3, -0.25) is 0 Å². The zero-order valence-electron chi connectivity index (χ0n) is 46.3. The molecule has 1 spiro atoms. The summed E-state index contributed by atoms with van der Waals surface area (Å²) in [5.41, 5.74) is 11.8. The van der Waals surface area contributed by atoms with Gasteiger partial charge in [-0.1, -0.05) is 144 Å². The fourth-order valence-corrected chi connectivity index (χ4v) is 9.99. The minimum atomic E-state index is -2.97. The molecule has 12 rings (SSSR count). The van der Waals surface area contributed by atoms with E-state index in [2.05, 4.69) is 143 Å². The standard InChI is InChI=1S/C59H51N3O/c1-36-21-23-38(24-22-36)41-29-30-60-51(32-41)49-34-43(58(6,7)8)33-48-44-18-14-19-50-55(44)62-56(45-17-12-13-20-53(45)63-59(60,62)54(48)49)61(50)52-31-37(2)46(39-15-10-9-11-16-39)35-47(52)40-25-27-42(28-26-40)57(3,4)5/h9-35H,1-8H3/q+2/i1D3,21D,22D,23D,24D,29D,30D,32D. The van der Waals surface area contributed by atoms with Crippen LogP contribution in [0.2, 0.25) is 0 Å². The molecule has 3 aliphatic heterocycles. The molecule has 0 saturated heterocycles. The number of benzene rings is 7. The minimum absolute atomic E-state index is 0.0719. The second-order valence-electron chi connectivity index (χ2n) is 19.1. The number of aryl methyl sites for hydroxylation is 1. The molecule has 1 atom stereocenters. The van der Waals surface area contributed by atoms with E-state index >= 15 is 0 Å². The second-order valence-corrected chi connectivity index (χ2v) is 19.1. The van der Waals surface area contributed by atoms with Crippen molar-refractivity contribution in [3.05, 3.63) is 192 Å². The number of aromatic nitrogens is 3. The summed E-state index contributed by atoms with van der Waals surface area (Å²) in [6.45, 7) is 12.1. The highest BCUT2D eigenvalue weighted by molar-refractivity contribution is 5.99. The van der Waals surface area contributed by atoms with E-state index in [9.17, 15) is 4.11 Å². The molecular weight excluding hydrogens is 767 g/mol. The van der Waals surface area contributed by atoms with E-state index in [1.54, 1.807) is 4.57 Å². The van der Waals surface area contributed by atoms with Gasteiger partial charge in [0.15, 0.2) is 17.2 Å². The third-order valence-corrected chi connectivity index (χ3v) is 13.1. The van der Waals surface area contributed by atoms with Crippen LogP contribution in [0.3, 0.4) is 0 Å². The van der Waals surface area contributed by atoms with Crippen molar-refractivity contribution in [2.45, 2.75) is 72.0 Å². The molecule has 7 aromatic carbocycles. The van der Waals surface area contributed by atoms with Crippen LogP contribution in [0.5, 0.6) is 5.75 Å². The van der Waals surface area contributed by atoms with Gasteiger partial charge in [0.1, 0.15) is 23.9 Å². The lowest BCUT2D eigenvalue weighted by atomic mass is 9.80. The summed E-state index contributed by atoms with van der Waals surface area (Å²) in [4.78, 5) is 0. The lowest BCUT2D eigenvalue weighted by Crippen LogP contribution is -2.78. The molecule has 0 fully saturated rings. The van der Waals surface area contributed by atoms with Crippen molar-refractivity contribution in [2.24, 2.45) is 0 Å². The van der Waals surface area contributed by atoms with Crippen LogP contribution in [-0.2, 0) is 16.7 Å². The summed E-state index contributed by atoms with van der Waals surface area (Å²) in [5.74, 6) is -0.517. The van der Waals surface area contributed by atoms with E-state index in [0.29, 0.717) is 16.9 Å². The number of imidazole rings is 1.